The summed E-state index contributed by atoms with van der Waals surface area (Å²) in [5, 5.41) is 4.83. The zero-order valence-electron chi connectivity index (χ0n) is 14.2. The van der Waals surface area contributed by atoms with Gasteiger partial charge in [0.1, 0.15) is 0 Å². The van der Waals surface area contributed by atoms with Gasteiger partial charge in [0.05, 0.1) is 4.90 Å². The van der Waals surface area contributed by atoms with Crippen LogP contribution in [-0.2, 0) is 21.2 Å². The number of amides is 1. The molecule has 0 unspecified atom stereocenters. The van der Waals surface area contributed by atoms with Crippen molar-refractivity contribution in [3.05, 3.63) is 64.5 Å². The monoisotopic (exact) mass is 440 g/mol. The molecule has 28 heavy (non-hydrogen) atoms. The molecular weight excluding hydrogens is 427 g/mol. The number of nitrogens with zero attached hydrogens (tertiary/aromatic N) is 2. The Hall–Kier alpha value is -2.46. The van der Waals surface area contributed by atoms with Crippen molar-refractivity contribution >= 4 is 39.1 Å². The number of carbonyl (C=O) groups is 1. The second kappa shape index (κ2) is 8.70. The molecule has 0 aliphatic rings. The van der Waals surface area contributed by atoms with Crippen LogP contribution < -0.4 is 10.3 Å². The topological polar surface area (TPSA) is 114 Å². The maximum atomic E-state index is 12.1. The maximum Gasteiger partial charge on any atom is 0.257 e. The lowest BCUT2D eigenvalue weighted by molar-refractivity contribution is -0.121. The smallest absolute Gasteiger partial charge is 0.257 e. The van der Waals surface area contributed by atoms with Crippen LogP contribution >= 0.6 is 23.2 Å². The van der Waals surface area contributed by atoms with Gasteiger partial charge in [-0.05, 0) is 48.5 Å². The minimum absolute atomic E-state index is 0.0262. The van der Waals surface area contributed by atoms with Gasteiger partial charge < -0.3 is 4.52 Å². The first-order valence-electron chi connectivity index (χ1n) is 7.98. The van der Waals surface area contributed by atoms with E-state index >= 15 is 0 Å². The number of hydrazine groups is 1. The molecule has 3 aromatic rings. The lowest BCUT2D eigenvalue weighted by Crippen LogP contribution is -2.41. The first kappa shape index (κ1) is 20.3. The second-order valence-corrected chi connectivity index (χ2v) is 8.18. The third kappa shape index (κ3) is 5.29. The summed E-state index contributed by atoms with van der Waals surface area (Å²) in [7, 11) is -3.89. The molecule has 0 radical (unpaired) electrons. The van der Waals surface area contributed by atoms with E-state index in [-0.39, 0.29) is 23.6 Å². The molecule has 0 atom stereocenters. The summed E-state index contributed by atoms with van der Waals surface area (Å²) in [6.07, 6.45) is 0.0977. The molecule has 2 N–H and O–H groups in total. The molecule has 0 fully saturated rings. The average molecular weight is 441 g/mol. The molecular formula is C17H14Cl2N4O4S. The predicted molar refractivity (Wildman–Crippen MR) is 103 cm³/mol. The van der Waals surface area contributed by atoms with Crippen molar-refractivity contribution in [3.8, 4) is 11.4 Å². The minimum atomic E-state index is -3.89. The fourth-order valence-electron chi connectivity index (χ4n) is 2.15. The quantitative estimate of drug-likeness (QED) is 0.545. The van der Waals surface area contributed by atoms with Crippen molar-refractivity contribution in [2.75, 3.05) is 0 Å². The van der Waals surface area contributed by atoms with Gasteiger partial charge in [-0.2, -0.15) is 4.98 Å². The fourth-order valence-corrected chi connectivity index (χ4v) is 3.26. The van der Waals surface area contributed by atoms with E-state index in [0.717, 1.165) is 5.56 Å². The number of carbonyl (C=O) groups excluding carboxylic acids is 1. The van der Waals surface area contributed by atoms with Crippen molar-refractivity contribution in [1.29, 1.82) is 0 Å². The zero-order chi connectivity index (χ0) is 20.1. The Morgan fingerprint density at radius 2 is 1.61 bits per heavy atom. The van der Waals surface area contributed by atoms with Crippen molar-refractivity contribution in [3.63, 3.8) is 0 Å². The summed E-state index contributed by atoms with van der Waals surface area (Å²) < 4.78 is 29.3. The summed E-state index contributed by atoms with van der Waals surface area (Å²) in [6, 6.07) is 12.4. The molecule has 0 bridgehead atoms. The summed E-state index contributed by atoms with van der Waals surface area (Å²) in [6.45, 7) is 0. The summed E-state index contributed by atoms with van der Waals surface area (Å²) >= 11 is 11.6. The van der Waals surface area contributed by atoms with E-state index in [2.05, 4.69) is 15.6 Å². The standard InChI is InChI=1S/C17H14Cl2N4O4S/c18-12-3-1-11(2-4-12)17-20-16(27-22-17)10-9-15(24)21-23-28(25,26)14-7-5-13(19)6-8-14/h1-8,23H,9-10H2,(H,21,24). The van der Waals surface area contributed by atoms with Gasteiger partial charge >= 0.3 is 0 Å². The molecule has 8 nitrogen and oxygen atoms in total. The van der Waals surface area contributed by atoms with Crippen LogP contribution in [0.3, 0.4) is 0 Å². The highest BCUT2D eigenvalue weighted by atomic mass is 35.5. The van der Waals surface area contributed by atoms with E-state index in [1.54, 1.807) is 24.3 Å². The summed E-state index contributed by atoms with van der Waals surface area (Å²) in [5.74, 6) is 0.0694. The van der Waals surface area contributed by atoms with Crippen LogP contribution in [0.15, 0.2) is 57.9 Å². The van der Waals surface area contributed by atoms with Crippen LogP contribution in [0.4, 0.5) is 0 Å². The van der Waals surface area contributed by atoms with E-state index in [1.807, 2.05) is 4.83 Å². The number of nitrogens with one attached hydrogen (secondary N) is 2. The van der Waals surface area contributed by atoms with E-state index in [9.17, 15) is 13.2 Å². The van der Waals surface area contributed by atoms with Gasteiger partial charge in [-0.1, -0.05) is 28.4 Å². The van der Waals surface area contributed by atoms with Crippen molar-refractivity contribution in [1.82, 2.24) is 20.4 Å². The van der Waals surface area contributed by atoms with Crippen molar-refractivity contribution < 1.29 is 17.7 Å². The lowest BCUT2D eigenvalue weighted by Gasteiger charge is -2.07. The second-order valence-electron chi connectivity index (χ2n) is 5.63. The highest BCUT2D eigenvalue weighted by molar-refractivity contribution is 7.89. The average Bonchev–Trinajstić information content (AvgIpc) is 3.15. The third-order valence-electron chi connectivity index (χ3n) is 3.59. The van der Waals surface area contributed by atoms with Crippen LogP contribution in [0, 0.1) is 0 Å². The Bertz CT molecular complexity index is 1070. The molecule has 0 aliphatic carbocycles. The number of hydrogen-bond acceptors (Lipinski definition) is 6. The highest BCUT2D eigenvalue weighted by Gasteiger charge is 2.16. The molecule has 2 aromatic carbocycles. The molecule has 0 spiro atoms. The summed E-state index contributed by atoms with van der Waals surface area (Å²) in [4.78, 5) is 18.1. The first-order valence-corrected chi connectivity index (χ1v) is 10.2. The molecule has 3 rings (SSSR count). The highest BCUT2D eigenvalue weighted by Crippen LogP contribution is 2.19. The zero-order valence-corrected chi connectivity index (χ0v) is 16.6. The third-order valence-corrected chi connectivity index (χ3v) is 5.35. The van der Waals surface area contributed by atoms with Gasteiger partial charge in [0.15, 0.2) is 0 Å². The molecule has 1 heterocycles. The lowest BCUT2D eigenvalue weighted by atomic mass is 10.2. The number of hydrogen-bond donors (Lipinski definition) is 2. The largest absolute Gasteiger partial charge is 0.339 e. The molecule has 1 aromatic heterocycles. The molecule has 11 heteroatoms. The van der Waals surface area contributed by atoms with E-state index in [4.69, 9.17) is 27.7 Å². The molecule has 0 saturated heterocycles. The molecule has 146 valence electrons. The number of halogens is 2. The van der Waals surface area contributed by atoms with Crippen LogP contribution in [0.25, 0.3) is 11.4 Å². The summed E-state index contributed by atoms with van der Waals surface area (Å²) in [5.41, 5.74) is 2.86. The van der Waals surface area contributed by atoms with Gasteiger partial charge in [0.25, 0.3) is 10.0 Å². The Kier molecular flexibility index (Phi) is 6.30. The van der Waals surface area contributed by atoms with Crippen molar-refractivity contribution in [2.24, 2.45) is 0 Å². The number of sulfonamides is 1. The van der Waals surface area contributed by atoms with E-state index in [1.165, 1.54) is 24.3 Å². The number of aryl methyl sites for hydroxylation is 1. The van der Waals surface area contributed by atoms with Gasteiger partial charge in [-0.25, -0.2) is 8.42 Å². The fraction of sp³-hybridized carbons (Fsp3) is 0.118. The molecule has 1 amide bonds. The van der Waals surface area contributed by atoms with Gasteiger partial charge in [0.2, 0.25) is 17.6 Å². The minimum Gasteiger partial charge on any atom is -0.339 e. The SMILES string of the molecule is O=C(CCc1nc(-c2ccc(Cl)cc2)no1)NNS(=O)(=O)c1ccc(Cl)cc1. The Balaban J connectivity index is 1.52. The van der Waals surface area contributed by atoms with E-state index in [0.29, 0.717) is 15.9 Å². The Labute approximate surface area is 170 Å². The predicted octanol–water partition coefficient (Wildman–Crippen LogP) is 2.99. The van der Waals surface area contributed by atoms with Gasteiger partial charge in [-0.3, -0.25) is 10.2 Å². The first-order chi connectivity index (χ1) is 13.3. The number of aromatic nitrogens is 2. The van der Waals surface area contributed by atoms with Gasteiger partial charge in [-0.15, -0.1) is 4.83 Å². The normalized spacial score (nSPS) is 11.4. The van der Waals surface area contributed by atoms with Crippen LogP contribution in [-0.4, -0.2) is 24.5 Å². The maximum absolute atomic E-state index is 12.1. The Morgan fingerprint density at radius 1 is 1.00 bits per heavy atom. The molecule has 0 saturated carbocycles. The van der Waals surface area contributed by atoms with Crippen molar-refractivity contribution in [2.45, 2.75) is 17.7 Å². The molecule has 0 aliphatic heterocycles. The number of benzene rings is 2. The van der Waals surface area contributed by atoms with Crippen LogP contribution in [0.1, 0.15) is 12.3 Å². The number of rotatable bonds is 7. The van der Waals surface area contributed by atoms with Crippen LogP contribution in [0.5, 0.6) is 0 Å². The van der Waals surface area contributed by atoms with Gasteiger partial charge in [0, 0.05) is 28.5 Å². The van der Waals surface area contributed by atoms with E-state index < -0.39 is 15.9 Å². The van der Waals surface area contributed by atoms with Crippen LogP contribution in [0.2, 0.25) is 10.0 Å². The Morgan fingerprint density at radius 3 is 2.25 bits per heavy atom.